The van der Waals surface area contributed by atoms with E-state index in [2.05, 4.69) is 11.4 Å². The quantitative estimate of drug-likeness (QED) is 0.760. The molecule has 1 aliphatic heterocycles. The van der Waals surface area contributed by atoms with Crippen LogP contribution >= 0.6 is 11.6 Å². The van der Waals surface area contributed by atoms with Crippen LogP contribution in [0.4, 0.5) is 5.69 Å². The second-order valence-electron chi connectivity index (χ2n) is 3.39. The summed E-state index contributed by atoms with van der Waals surface area (Å²) in [5.74, 6) is 0. The summed E-state index contributed by atoms with van der Waals surface area (Å²) >= 11 is 6.06. The Labute approximate surface area is 83.1 Å². The Bertz CT molecular complexity index is 312. The summed E-state index contributed by atoms with van der Waals surface area (Å²) in [6.07, 6.45) is 2.01. The standard InChI is InChI=1S/C10H13ClN2/c11-9-2-1-3-10-8(9)6-7(13-10)4-5-12/h1-3,7,13H,4-6,12H2. The lowest BCUT2D eigenvalue weighted by atomic mass is 10.1. The van der Waals surface area contributed by atoms with Gasteiger partial charge < -0.3 is 11.1 Å². The van der Waals surface area contributed by atoms with Crippen molar-refractivity contribution in [3.8, 4) is 0 Å². The first-order valence-electron chi connectivity index (χ1n) is 4.55. The van der Waals surface area contributed by atoms with Gasteiger partial charge in [-0.1, -0.05) is 17.7 Å². The molecule has 1 aromatic rings. The molecule has 0 aromatic heterocycles. The van der Waals surface area contributed by atoms with Crippen molar-refractivity contribution in [1.82, 2.24) is 0 Å². The first kappa shape index (κ1) is 8.85. The van der Waals surface area contributed by atoms with Gasteiger partial charge in [0.25, 0.3) is 0 Å². The van der Waals surface area contributed by atoms with Crippen LogP contribution in [0, 0.1) is 0 Å². The number of benzene rings is 1. The Kier molecular flexibility index (Phi) is 2.42. The van der Waals surface area contributed by atoms with Gasteiger partial charge in [0.15, 0.2) is 0 Å². The molecule has 0 aliphatic carbocycles. The zero-order valence-electron chi connectivity index (χ0n) is 7.39. The van der Waals surface area contributed by atoms with Crippen molar-refractivity contribution in [3.05, 3.63) is 28.8 Å². The van der Waals surface area contributed by atoms with Crippen LogP contribution in [0.1, 0.15) is 12.0 Å². The summed E-state index contributed by atoms with van der Waals surface area (Å²) < 4.78 is 0. The third kappa shape index (κ3) is 1.64. The Hall–Kier alpha value is -0.730. The molecule has 0 bridgehead atoms. The molecule has 1 unspecified atom stereocenters. The van der Waals surface area contributed by atoms with E-state index in [0.717, 1.165) is 24.4 Å². The van der Waals surface area contributed by atoms with Gasteiger partial charge in [-0.25, -0.2) is 0 Å². The Balaban J connectivity index is 2.20. The molecule has 2 rings (SSSR count). The third-order valence-corrected chi connectivity index (χ3v) is 2.80. The average molecular weight is 197 g/mol. The van der Waals surface area contributed by atoms with Gasteiger partial charge in [0.05, 0.1) is 0 Å². The highest BCUT2D eigenvalue weighted by atomic mass is 35.5. The van der Waals surface area contributed by atoms with Gasteiger partial charge in [0.2, 0.25) is 0 Å². The topological polar surface area (TPSA) is 38.0 Å². The minimum atomic E-state index is 0.472. The van der Waals surface area contributed by atoms with E-state index in [9.17, 15) is 0 Å². The second-order valence-corrected chi connectivity index (χ2v) is 3.80. The summed E-state index contributed by atoms with van der Waals surface area (Å²) in [6, 6.07) is 6.45. The molecule has 0 fully saturated rings. The monoisotopic (exact) mass is 196 g/mol. The van der Waals surface area contributed by atoms with E-state index in [0.29, 0.717) is 6.04 Å². The van der Waals surface area contributed by atoms with Crippen LogP contribution in [0.25, 0.3) is 0 Å². The number of nitrogens with two attached hydrogens (primary N) is 1. The second kappa shape index (κ2) is 3.56. The van der Waals surface area contributed by atoms with E-state index >= 15 is 0 Å². The van der Waals surface area contributed by atoms with Crippen LogP contribution in [-0.2, 0) is 6.42 Å². The molecule has 0 radical (unpaired) electrons. The Morgan fingerprint density at radius 2 is 2.38 bits per heavy atom. The SMILES string of the molecule is NCCC1Cc2c(Cl)cccc2N1. The first-order valence-corrected chi connectivity index (χ1v) is 4.93. The smallest absolute Gasteiger partial charge is 0.0459 e. The van der Waals surface area contributed by atoms with Crippen molar-refractivity contribution in [1.29, 1.82) is 0 Å². The van der Waals surface area contributed by atoms with Crippen LogP contribution < -0.4 is 11.1 Å². The van der Waals surface area contributed by atoms with E-state index in [1.807, 2.05) is 12.1 Å². The predicted octanol–water partition coefficient (Wildman–Crippen LogP) is 2.03. The number of hydrogen-bond donors (Lipinski definition) is 2. The lowest BCUT2D eigenvalue weighted by Crippen LogP contribution is -2.19. The Morgan fingerprint density at radius 1 is 1.54 bits per heavy atom. The number of rotatable bonds is 2. The molecule has 1 aromatic carbocycles. The average Bonchev–Trinajstić information content (AvgIpc) is 2.49. The van der Waals surface area contributed by atoms with Crippen LogP contribution in [0.5, 0.6) is 0 Å². The fourth-order valence-corrected chi connectivity index (χ4v) is 2.05. The fraction of sp³-hybridized carbons (Fsp3) is 0.400. The third-order valence-electron chi connectivity index (χ3n) is 2.44. The molecule has 1 aliphatic rings. The highest BCUT2D eigenvalue weighted by Crippen LogP contribution is 2.32. The summed E-state index contributed by atoms with van der Waals surface area (Å²) in [4.78, 5) is 0. The van der Waals surface area contributed by atoms with Gasteiger partial charge >= 0.3 is 0 Å². The van der Waals surface area contributed by atoms with Gasteiger partial charge in [-0.2, -0.15) is 0 Å². The molecule has 70 valence electrons. The van der Waals surface area contributed by atoms with Crippen molar-refractivity contribution < 1.29 is 0 Å². The van der Waals surface area contributed by atoms with Gasteiger partial charge in [0, 0.05) is 16.8 Å². The summed E-state index contributed by atoms with van der Waals surface area (Å²) in [7, 11) is 0. The molecular weight excluding hydrogens is 184 g/mol. The van der Waals surface area contributed by atoms with E-state index in [-0.39, 0.29) is 0 Å². The van der Waals surface area contributed by atoms with Crippen LogP contribution in [0.15, 0.2) is 18.2 Å². The van der Waals surface area contributed by atoms with Gasteiger partial charge in [0.1, 0.15) is 0 Å². The largest absolute Gasteiger partial charge is 0.382 e. The van der Waals surface area contributed by atoms with Crippen molar-refractivity contribution in [2.24, 2.45) is 5.73 Å². The molecule has 1 atom stereocenters. The van der Waals surface area contributed by atoms with Gasteiger partial charge in [-0.15, -0.1) is 0 Å². The maximum Gasteiger partial charge on any atom is 0.0459 e. The number of fused-ring (bicyclic) bond motifs is 1. The molecule has 2 nitrogen and oxygen atoms in total. The van der Waals surface area contributed by atoms with Crippen molar-refractivity contribution in [3.63, 3.8) is 0 Å². The van der Waals surface area contributed by atoms with Crippen molar-refractivity contribution in [2.45, 2.75) is 18.9 Å². The molecule has 0 saturated carbocycles. The number of nitrogens with one attached hydrogen (secondary N) is 1. The molecule has 0 saturated heterocycles. The summed E-state index contributed by atoms with van der Waals surface area (Å²) in [5.41, 5.74) is 7.92. The number of halogens is 1. The number of hydrogen-bond acceptors (Lipinski definition) is 2. The molecule has 13 heavy (non-hydrogen) atoms. The normalized spacial score (nSPS) is 19.7. The van der Waals surface area contributed by atoms with E-state index < -0.39 is 0 Å². The molecule has 3 heteroatoms. The van der Waals surface area contributed by atoms with Crippen LogP contribution in [-0.4, -0.2) is 12.6 Å². The van der Waals surface area contributed by atoms with E-state index in [1.165, 1.54) is 11.3 Å². The highest BCUT2D eigenvalue weighted by Gasteiger charge is 2.21. The van der Waals surface area contributed by atoms with Crippen LogP contribution in [0.2, 0.25) is 5.02 Å². The Morgan fingerprint density at radius 3 is 3.08 bits per heavy atom. The van der Waals surface area contributed by atoms with Gasteiger partial charge in [-0.05, 0) is 37.1 Å². The van der Waals surface area contributed by atoms with Crippen molar-refractivity contribution >= 4 is 17.3 Å². The zero-order chi connectivity index (χ0) is 9.26. The molecular formula is C10H13ClN2. The molecule has 1 heterocycles. The zero-order valence-corrected chi connectivity index (χ0v) is 8.14. The molecule has 0 spiro atoms. The summed E-state index contributed by atoms with van der Waals surface area (Å²) in [6.45, 7) is 0.725. The maximum atomic E-state index is 6.06. The lowest BCUT2D eigenvalue weighted by molar-refractivity contribution is 0.684. The number of anilines is 1. The predicted molar refractivity (Wildman–Crippen MR) is 56.2 cm³/mol. The van der Waals surface area contributed by atoms with E-state index in [1.54, 1.807) is 0 Å². The maximum absolute atomic E-state index is 6.06. The summed E-state index contributed by atoms with van der Waals surface area (Å²) in [5, 5.41) is 4.28. The highest BCUT2D eigenvalue weighted by molar-refractivity contribution is 6.31. The minimum Gasteiger partial charge on any atom is -0.382 e. The van der Waals surface area contributed by atoms with Gasteiger partial charge in [-0.3, -0.25) is 0 Å². The lowest BCUT2D eigenvalue weighted by Gasteiger charge is -2.07. The van der Waals surface area contributed by atoms with E-state index in [4.69, 9.17) is 17.3 Å². The van der Waals surface area contributed by atoms with Crippen molar-refractivity contribution in [2.75, 3.05) is 11.9 Å². The fourth-order valence-electron chi connectivity index (χ4n) is 1.79. The molecule has 0 amide bonds. The molecule has 3 N–H and O–H groups in total. The minimum absolute atomic E-state index is 0.472. The van der Waals surface area contributed by atoms with Crippen LogP contribution in [0.3, 0.4) is 0 Å². The first-order chi connectivity index (χ1) is 6.31.